The molecule has 1 aromatic carbocycles. The molecule has 0 saturated carbocycles. The number of halogens is 1. The van der Waals surface area contributed by atoms with E-state index in [9.17, 15) is 4.79 Å². The zero-order chi connectivity index (χ0) is 13.5. The van der Waals surface area contributed by atoms with Gasteiger partial charge in [-0.3, -0.25) is 4.79 Å². The summed E-state index contributed by atoms with van der Waals surface area (Å²) < 4.78 is 5.07. The maximum Gasteiger partial charge on any atom is 0.251 e. The molecule has 0 spiro atoms. The van der Waals surface area contributed by atoms with Crippen molar-refractivity contribution in [3.63, 3.8) is 0 Å². The topological polar surface area (TPSA) is 38.3 Å². The highest BCUT2D eigenvalue weighted by Crippen LogP contribution is 2.11. The summed E-state index contributed by atoms with van der Waals surface area (Å²) in [5.74, 6) is 0.431. The van der Waals surface area contributed by atoms with E-state index in [0.717, 1.165) is 11.1 Å². The summed E-state index contributed by atoms with van der Waals surface area (Å²) in [7, 11) is 1.62. The van der Waals surface area contributed by atoms with Gasteiger partial charge in [-0.2, -0.15) is 0 Å². The number of nitrogens with one attached hydrogen (secondary N) is 1. The van der Waals surface area contributed by atoms with Crippen molar-refractivity contribution in [1.82, 2.24) is 5.32 Å². The molecular formula is C14H20ClNO2. The second-order valence-corrected chi connectivity index (χ2v) is 4.80. The third-order valence-electron chi connectivity index (χ3n) is 2.79. The monoisotopic (exact) mass is 269 g/mol. The van der Waals surface area contributed by atoms with Crippen LogP contribution in [-0.2, 0) is 4.74 Å². The molecule has 0 aliphatic heterocycles. The molecule has 0 saturated heterocycles. The number of methoxy groups -OCH3 is 1. The Morgan fingerprint density at radius 2 is 2.17 bits per heavy atom. The number of amides is 1. The Labute approximate surface area is 113 Å². The maximum absolute atomic E-state index is 12.1. The number of benzene rings is 1. The molecule has 0 fully saturated rings. The van der Waals surface area contributed by atoms with E-state index in [1.807, 2.05) is 32.0 Å². The van der Waals surface area contributed by atoms with Gasteiger partial charge in [0.15, 0.2) is 0 Å². The highest BCUT2D eigenvalue weighted by molar-refractivity contribution is 6.17. The number of hydrogen-bond acceptors (Lipinski definition) is 2. The third kappa shape index (κ3) is 4.31. The van der Waals surface area contributed by atoms with Crippen LogP contribution in [0.15, 0.2) is 18.2 Å². The standard InChI is InChI=1S/C14H20ClNO2/c1-10-4-5-13(11(2)8-10)14(17)16-12(6-7-15)9-18-3/h4-5,8,12H,6-7,9H2,1-3H3,(H,16,17). The van der Waals surface area contributed by atoms with Gasteiger partial charge in [-0.25, -0.2) is 0 Å². The van der Waals surface area contributed by atoms with Crippen molar-refractivity contribution in [2.75, 3.05) is 19.6 Å². The molecule has 1 atom stereocenters. The van der Waals surface area contributed by atoms with E-state index in [1.165, 1.54) is 0 Å². The summed E-state index contributed by atoms with van der Waals surface area (Å²) >= 11 is 5.71. The molecular weight excluding hydrogens is 250 g/mol. The molecule has 3 nitrogen and oxygen atoms in total. The summed E-state index contributed by atoms with van der Waals surface area (Å²) in [5.41, 5.74) is 2.84. The Hall–Kier alpha value is -1.06. The fourth-order valence-electron chi connectivity index (χ4n) is 1.86. The quantitative estimate of drug-likeness (QED) is 0.807. The first kappa shape index (κ1) is 15.0. The second kappa shape index (κ2) is 7.39. The molecule has 1 rings (SSSR count). The van der Waals surface area contributed by atoms with Crippen LogP contribution in [0.5, 0.6) is 0 Å². The largest absolute Gasteiger partial charge is 0.383 e. The van der Waals surface area contributed by atoms with Gasteiger partial charge in [0.1, 0.15) is 0 Å². The average Bonchev–Trinajstić information content (AvgIpc) is 2.29. The molecule has 0 heterocycles. The van der Waals surface area contributed by atoms with Gasteiger partial charge in [0, 0.05) is 18.6 Å². The van der Waals surface area contributed by atoms with E-state index in [1.54, 1.807) is 7.11 Å². The molecule has 0 radical (unpaired) electrons. The fraction of sp³-hybridized carbons (Fsp3) is 0.500. The zero-order valence-electron chi connectivity index (χ0n) is 11.1. The van der Waals surface area contributed by atoms with Crippen LogP contribution in [-0.4, -0.2) is 31.5 Å². The molecule has 0 bridgehead atoms. The minimum absolute atomic E-state index is 0.0410. The van der Waals surface area contributed by atoms with Gasteiger partial charge in [-0.1, -0.05) is 17.7 Å². The fourth-order valence-corrected chi connectivity index (χ4v) is 2.12. The molecule has 1 N–H and O–H groups in total. The van der Waals surface area contributed by atoms with E-state index in [2.05, 4.69) is 5.32 Å². The van der Waals surface area contributed by atoms with E-state index < -0.39 is 0 Å². The first-order valence-electron chi connectivity index (χ1n) is 6.01. The summed E-state index contributed by atoms with van der Waals surface area (Å²) in [6.07, 6.45) is 0.700. The highest BCUT2D eigenvalue weighted by atomic mass is 35.5. The van der Waals surface area contributed by atoms with Gasteiger partial charge in [0.2, 0.25) is 0 Å². The van der Waals surface area contributed by atoms with Crippen LogP contribution < -0.4 is 5.32 Å². The van der Waals surface area contributed by atoms with Crippen molar-refractivity contribution in [2.45, 2.75) is 26.3 Å². The van der Waals surface area contributed by atoms with Gasteiger partial charge in [-0.15, -0.1) is 11.6 Å². The van der Waals surface area contributed by atoms with Crippen molar-refractivity contribution in [3.05, 3.63) is 34.9 Å². The lowest BCUT2D eigenvalue weighted by Crippen LogP contribution is -2.38. The lowest BCUT2D eigenvalue weighted by molar-refractivity contribution is 0.0894. The Bertz CT molecular complexity index is 401. The zero-order valence-corrected chi connectivity index (χ0v) is 11.9. The van der Waals surface area contributed by atoms with Crippen molar-refractivity contribution >= 4 is 17.5 Å². The number of alkyl halides is 1. The first-order chi connectivity index (χ1) is 8.58. The van der Waals surface area contributed by atoms with E-state index in [0.29, 0.717) is 24.5 Å². The number of carbonyl (C=O) groups is 1. The minimum atomic E-state index is -0.0698. The Morgan fingerprint density at radius 1 is 1.44 bits per heavy atom. The van der Waals surface area contributed by atoms with Crippen LogP contribution in [0.1, 0.15) is 27.9 Å². The van der Waals surface area contributed by atoms with Gasteiger partial charge in [0.05, 0.1) is 12.6 Å². The molecule has 1 unspecified atom stereocenters. The predicted molar refractivity (Wildman–Crippen MR) is 74.4 cm³/mol. The Kier molecular flexibility index (Phi) is 6.16. The molecule has 18 heavy (non-hydrogen) atoms. The lowest BCUT2D eigenvalue weighted by Gasteiger charge is -2.17. The molecule has 100 valence electrons. The predicted octanol–water partition coefficient (Wildman–Crippen LogP) is 2.68. The Morgan fingerprint density at radius 3 is 2.72 bits per heavy atom. The number of hydrogen-bond donors (Lipinski definition) is 1. The Balaban J connectivity index is 2.73. The van der Waals surface area contributed by atoms with Crippen molar-refractivity contribution in [3.8, 4) is 0 Å². The number of ether oxygens (including phenoxy) is 1. The SMILES string of the molecule is COCC(CCCl)NC(=O)c1ccc(C)cc1C. The third-order valence-corrected chi connectivity index (χ3v) is 3.01. The van der Waals surface area contributed by atoms with Crippen LogP contribution in [0.3, 0.4) is 0 Å². The van der Waals surface area contributed by atoms with Crippen LogP contribution >= 0.6 is 11.6 Å². The molecule has 0 aliphatic rings. The lowest BCUT2D eigenvalue weighted by atomic mass is 10.0. The van der Waals surface area contributed by atoms with Crippen LogP contribution in [0.4, 0.5) is 0 Å². The molecule has 4 heteroatoms. The first-order valence-corrected chi connectivity index (χ1v) is 6.55. The molecule has 1 aromatic rings. The van der Waals surface area contributed by atoms with Crippen LogP contribution in [0, 0.1) is 13.8 Å². The smallest absolute Gasteiger partial charge is 0.251 e. The van der Waals surface area contributed by atoms with Gasteiger partial charge >= 0.3 is 0 Å². The summed E-state index contributed by atoms with van der Waals surface area (Å²) in [6, 6.07) is 5.75. The summed E-state index contributed by atoms with van der Waals surface area (Å²) in [5, 5.41) is 2.95. The van der Waals surface area contributed by atoms with E-state index in [-0.39, 0.29) is 11.9 Å². The van der Waals surface area contributed by atoms with Gasteiger partial charge < -0.3 is 10.1 Å². The molecule has 1 amide bonds. The van der Waals surface area contributed by atoms with Crippen molar-refractivity contribution < 1.29 is 9.53 Å². The van der Waals surface area contributed by atoms with Crippen LogP contribution in [0.25, 0.3) is 0 Å². The van der Waals surface area contributed by atoms with Gasteiger partial charge in [-0.05, 0) is 31.9 Å². The van der Waals surface area contributed by atoms with Crippen LogP contribution in [0.2, 0.25) is 0 Å². The minimum Gasteiger partial charge on any atom is -0.383 e. The number of carbonyl (C=O) groups excluding carboxylic acids is 1. The van der Waals surface area contributed by atoms with Gasteiger partial charge in [0.25, 0.3) is 5.91 Å². The molecule has 0 aliphatic carbocycles. The van der Waals surface area contributed by atoms with E-state index >= 15 is 0 Å². The second-order valence-electron chi connectivity index (χ2n) is 4.42. The molecule has 0 aromatic heterocycles. The normalized spacial score (nSPS) is 12.2. The van der Waals surface area contributed by atoms with E-state index in [4.69, 9.17) is 16.3 Å². The average molecular weight is 270 g/mol. The number of rotatable bonds is 6. The summed E-state index contributed by atoms with van der Waals surface area (Å²) in [4.78, 5) is 12.1. The van der Waals surface area contributed by atoms with Crippen molar-refractivity contribution in [1.29, 1.82) is 0 Å². The van der Waals surface area contributed by atoms with Crippen molar-refractivity contribution in [2.24, 2.45) is 0 Å². The highest BCUT2D eigenvalue weighted by Gasteiger charge is 2.14. The summed E-state index contributed by atoms with van der Waals surface area (Å²) in [6.45, 7) is 4.42. The maximum atomic E-state index is 12.1. The number of aryl methyl sites for hydroxylation is 2.